The van der Waals surface area contributed by atoms with Crippen LogP contribution in [0, 0.1) is 6.92 Å². The number of halogens is 3. The molecule has 1 aliphatic carbocycles. The molecule has 0 aliphatic heterocycles. The van der Waals surface area contributed by atoms with Gasteiger partial charge in [-0.3, -0.25) is 14.3 Å². The standard InChI is InChI=1S/C21H20F3N5O2/c1-12-9-18(30)19(27-29(12)14-6-3-5-13(10-14)21(22,23)24)20(31)26-16-7-4-8-17-15(16)11-25-28(17)2/h3,5-6,9-11,16H,4,7-8H2,1-2H3,(H,26,31). The summed E-state index contributed by atoms with van der Waals surface area (Å²) in [6.45, 7) is 1.54. The number of benzene rings is 1. The van der Waals surface area contributed by atoms with Crippen LogP contribution in [-0.4, -0.2) is 25.5 Å². The molecule has 7 nitrogen and oxygen atoms in total. The van der Waals surface area contributed by atoms with Gasteiger partial charge in [-0.25, -0.2) is 4.68 Å². The highest BCUT2D eigenvalue weighted by atomic mass is 19.4. The molecular weight excluding hydrogens is 411 g/mol. The minimum atomic E-state index is -4.52. The summed E-state index contributed by atoms with van der Waals surface area (Å²) in [4.78, 5) is 25.3. The topological polar surface area (TPSA) is 81.8 Å². The van der Waals surface area contributed by atoms with E-state index in [0.29, 0.717) is 12.1 Å². The summed E-state index contributed by atoms with van der Waals surface area (Å²) in [5, 5.41) is 11.2. The number of hydrogen-bond acceptors (Lipinski definition) is 4. The van der Waals surface area contributed by atoms with Gasteiger partial charge < -0.3 is 5.32 Å². The van der Waals surface area contributed by atoms with Crippen LogP contribution in [0.5, 0.6) is 0 Å². The summed E-state index contributed by atoms with van der Waals surface area (Å²) < 4.78 is 42.2. The third kappa shape index (κ3) is 3.97. The van der Waals surface area contributed by atoms with Gasteiger partial charge in [0, 0.05) is 30.1 Å². The van der Waals surface area contributed by atoms with E-state index in [1.807, 2.05) is 7.05 Å². The molecule has 162 valence electrons. The number of amides is 1. The quantitative estimate of drug-likeness (QED) is 0.691. The maximum atomic E-state index is 13.1. The lowest BCUT2D eigenvalue weighted by atomic mass is 9.93. The van der Waals surface area contributed by atoms with Gasteiger partial charge in [-0.1, -0.05) is 6.07 Å². The number of aromatic nitrogens is 4. The third-order valence-electron chi connectivity index (χ3n) is 5.42. The fourth-order valence-electron chi connectivity index (χ4n) is 3.86. The van der Waals surface area contributed by atoms with Gasteiger partial charge in [0.2, 0.25) is 5.43 Å². The first kappa shape index (κ1) is 20.8. The van der Waals surface area contributed by atoms with Gasteiger partial charge in [-0.05, 0) is 44.4 Å². The van der Waals surface area contributed by atoms with E-state index in [1.54, 1.807) is 17.8 Å². The van der Waals surface area contributed by atoms with Crippen LogP contribution >= 0.6 is 0 Å². The van der Waals surface area contributed by atoms with Crippen LogP contribution in [-0.2, 0) is 19.6 Å². The monoisotopic (exact) mass is 431 g/mol. The first-order valence-electron chi connectivity index (χ1n) is 9.75. The maximum Gasteiger partial charge on any atom is 0.416 e. The van der Waals surface area contributed by atoms with Crippen LogP contribution in [0.2, 0.25) is 0 Å². The smallest absolute Gasteiger partial charge is 0.344 e. The Morgan fingerprint density at radius 1 is 1.26 bits per heavy atom. The van der Waals surface area contributed by atoms with Crippen molar-refractivity contribution in [3.05, 3.63) is 75.0 Å². The average molecular weight is 431 g/mol. The van der Waals surface area contributed by atoms with Crippen LogP contribution in [0.3, 0.4) is 0 Å². The Bertz CT molecular complexity index is 1210. The molecule has 0 fully saturated rings. The van der Waals surface area contributed by atoms with Crippen molar-refractivity contribution < 1.29 is 18.0 Å². The molecule has 1 unspecified atom stereocenters. The Hall–Kier alpha value is -3.43. The average Bonchev–Trinajstić information content (AvgIpc) is 3.09. The molecule has 2 aromatic heterocycles. The molecular formula is C21H20F3N5O2. The van der Waals surface area contributed by atoms with Gasteiger partial charge >= 0.3 is 6.18 Å². The molecule has 0 bridgehead atoms. The molecule has 0 saturated carbocycles. The number of fused-ring (bicyclic) bond motifs is 1. The molecule has 1 amide bonds. The van der Waals surface area contributed by atoms with Crippen molar-refractivity contribution in [3.63, 3.8) is 0 Å². The third-order valence-corrected chi connectivity index (χ3v) is 5.42. The zero-order chi connectivity index (χ0) is 22.3. The second-order valence-electron chi connectivity index (χ2n) is 7.55. The Morgan fingerprint density at radius 2 is 2.03 bits per heavy atom. The molecule has 1 aromatic carbocycles. The van der Waals surface area contributed by atoms with E-state index in [1.165, 1.54) is 22.9 Å². The Balaban J connectivity index is 1.68. The summed E-state index contributed by atoms with van der Waals surface area (Å²) in [6, 6.07) is 5.44. The number of rotatable bonds is 3. The largest absolute Gasteiger partial charge is 0.416 e. The summed E-state index contributed by atoms with van der Waals surface area (Å²) in [7, 11) is 1.83. The van der Waals surface area contributed by atoms with Gasteiger partial charge in [0.25, 0.3) is 5.91 Å². The number of nitrogens with one attached hydrogen (secondary N) is 1. The summed E-state index contributed by atoms with van der Waals surface area (Å²) in [5.74, 6) is -0.674. The van der Waals surface area contributed by atoms with Crippen molar-refractivity contribution >= 4 is 5.91 Å². The van der Waals surface area contributed by atoms with Gasteiger partial charge in [-0.15, -0.1) is 0 Å². The first-order chi connectivity index (χ1) is 14.6. The minimum absolute atomic E-state index is 0.105. The number of aryl methyl sites for hydroxylation is 2. The first-order valence-corrected chi connectivity index (χ1v) is 9.75. The highest BCUT2D eigenvalue weighted by Crippen LogP contribution is 2.31. The summed E-state index contributed by atoms with van der Waals surface area (Å²) in [5.41, 5.74) is 0.519. The molecule has 0 spiro atoms. The van der Waals surface area contributed by atoms with Gasteiger partial charge in [0.05, 0.1) is 23.5 Å². The van der Waals surface area contributed by atoms with Crippen LogP contribution < -0.4 is 10.7 Å². The van der Waals surface area contributed by atoms with E-state index in [9.17, 15) is 22.8 Å². The molecule has 4 rings (SSSR count). The summed E-state index contributed by atoms with van der Waals surface area (Å²) in [6.07, 6.45) is -0.427. The molecule has 1 aliphatic rings. The Labute approximate surface area is 175 Å². The number of nitrogens with zero attached hydrogens (tertiary/aromatic N) is 4. The van der Waals surface area contributed by atoms with Crippen LogP contribution in [0.4, 0.5) is 13.2 Å². The fraction of sp³-hybridized carbons (Fsp3) is 0.333. The van der Waals surface area contributed by atoms with Gasteiger partial charge in [-0.2, -0.15) is 23.4 Å². The fourth-order valence-corrected chi connectivity index (χ4v) is 3.86. The maximum absolute atomic E-state index is 13.1. The number of hydrogen-bond donors (Lipinski definition) is 1. The highest BCUT2D eigenvalue weighted by molar-refractivity contribution is 5.92. The minimum Gasteiger partial charge on any atom is -0.344 e. The van der Waals surface area contributed by atoms with Gasteiger partial charge in [0.15, 0.2) is 5.69 Å². The van der Waals surface area contributed by atoms with E-state index in [-0.39, 0.29) is 17.4 Å². The Kier molecular flexibility index (Phi) is 5.16. The Morgan fingerprint density at radius 3 is 2.77 bits per heavy atom. The SMILES string of the molecule is Cc1cc(=O)c(C(=O)NC2CCCc3c2cnn3C)nn1-c1cccc(C(F)(F)F)c1. The van der Waals surface area contributed by atoms with Crippen molar-refractivity contribution in [2.24, 2.45) is 7.05 Å². The lowest BCUT2D eigenvalue weighted by Crippen LogP contribution is -2.35. The molecule has 1 atom stereocenters. The lowest BCUT2D eigenvalue weighted by molar-refractivity contribution is -0.137. The molecule has 10 heteroatoms. The normalized spacial score (nSPS) is 16.1. The van der Waals surface area contributed by atoms with Gasteiger partial charge in [0.1, 0.15) is 0 Å². The van der Waals surface area contributed by atoms with E-state index in [4.69, 9.17) is 0 Å². The van der Waals surface area contributed by atoms with Crippen molar-refractivity contribution in [2.75, 3.05) is 0 Å². The second-order valence-corrected chi connectivity index (χ2v) is 7.55. The predicted molar refractivity (Wildman–Crippen MR) is 106 cm³/mol. The lowest BCUT2D eigenvalue weighted by Gasteiger charge is -2.23. The van der Waals surface area contributed by atoms with E-state index in [2.05, 4.69) is 15.5 Å². The predicted octanol–water partition coefficient (Wildman–Crippen LogP) is 3.10. The number of alkyl halides is 3. The van der Waals surface area contributed by atoms with Crippen molar-refractivity contribution in [1.82, 2.24) is 24.9 Å². The molecule has 1 N–H and O–H groups in total. The van der Waals surface area contributed by atoms with Crippen LogP contribution in [0.25, 0.3) is 5.69 Å². The molecule has 31 heavy (non-hydrogen) atoms. The zero-order valence-corrected chi connectivity index (χ0v) is 16.9. The molecule has 2 heterocycles. The van der Waals surface area contributed by atoms with Crippen molar-refractivity contribution in [2.45, 2.75) is 38.4 Å². The highest BCUT2D eigenvalue weighted by Gasteiger charge is 2.31. The van der Waals surface area contributed by atoms with Crippen molar-refractivity contribution in [1.29, 1.82) is 0 Å². The van der Waals surface area contributed by atoms with Crippen LogP contribution in [0.1, 0.15) is 51.9 Å². The van der Waals surface area contributed by atoms with Crippen molar-refractivity contribution in [3.8, 4) is 5.69 Å². The van der Waals surface area contributed by atoms with Crippen LogP contribution in [0.15, 0.2) is 41.3 Å². The molecule has 3 aromatic rings. The second kappa shape index (κ2) is 7.68. The molecule has 0 radical (unpaired) electrons. The molecule has 0 saturated heterocycles. The van der Waals surface area contributed by atoms with E-state index < -0.39 is 23.1 Å². The number of carbonyl (C=O) groups excluding carboxylic acids is 1. The van der Waals surface area contributed by atoms with E-state index >= 15 is 0 Å². The van der Waals surface area contributed by atoms with E-state index in [0.717, 1.165) is 36.2 Å². The number of carbonyl (C=O) groups is 1. The summed E-state index contributed by atoms with van der Waals surface area (Å²) >= 11 is 0. The zero-order valence-electron chi connectivity index (χ0n) is 16.9.